The third kappa shape index (κ3) is 4.57. The van der Waals surface area contributed by atoms with Crippen LogP contribution in [0.4, 0.5) is 8.78 Å². The minimum Gasteiger partial charge on any atom is -0.336 e. The van der Waals surface area contributed by atoms with Crippen molar-refractivity contribution >= 4 is 5.91 Å². The number of benzene rings is 2. The zero-order valence-electron chi connectivity index (χ0n) is 19.5. The molecule has 3 aromatic rings. The van der Waals surface area contributed by atoms with Crippen molar-refractivity contribution in [3.05, 3.63) is 70.9 Å². The van der Waals surface area contributed by atoms with Crippen molar-refractivity contribution in [3.8, 4) is 23.0 Å². The van der Waals surface area contributed by atoms with E-state index in [1.54, 1.807) is 23.1 Å². The lowest BCUT2D eigenvalue weighted by atomic mass is 9.87. The Kier molecular flexibility index (Phi) is 6.24. The Labute approximate surface area is 197 Å². The van der Waals surface area contributed by atoms with Crippen LogP contribution in [0.5, 0.6) is 0 Å². The predicted octanol–water partition coefficient (Wildman–Crippen LogP) is 4.55. The summed E-state index contributed by atoms with van der Waals surface area (Å²) in [6.45, 7) is 6.94. The summed E-state index contributed by atoms with van der Waals surface area (Å²) in [6, 6.07) is 12.2. The molecule has 34 heavy (non-hydrogen) atoms. The van der Waals surface area contributed by atoms with E-state index in [0.29, 0.717) is 24.3 Å². The largest absolute Gasteiger partial charge is 0.336 e. The summed E-state index contributed by atoms with van der Waals surface area (Å²) in [6.07, 6.45) is 1.64. The van der Waals surface area contributed by atoms with Crippen LogP contribution in [0.25, 0.3) is 16.9 Å². The highest BCUT2D eigenvalue weighted by molar-refractivity contribution is 5.93. The number of halogens is 2. The number of nitrogens with two attached hydrogens (primary N) is 1. The highest BCUT2D eigenvalue weighted by Crippen LogP contribution is 2.30. The van der Waals surface area contributed by atoms with Crippen LogP contribution >= 0.6 is 0 Å². The topological polar surface area (TPSA) is 87.9 Å². The number of aromatic nitrogens is 2. The highest BCUT2D eigenvalue weighted by atomic mass is 19.1. The molecule has 2 N–H and O–H groups in total. The minimum atomic E-state index is -0.703. The van der Waals surface area contributed by atoms with E-state index in [2.05, 4.69) is 5.10 Å². The van der Waals surface area contributed by atoms with E-state index in [-0.39, 0.29) is 34.3 Å². The molecule has 176 valence electrons. The molecule has 2 heterocycles. The maximum Gasteiger partial charge on any atom is 0.274 e. The molecule has 8 heteroatoms. The Bertz CT molecular complexity index is 1290. The number of amides is 1. The second kappa shape index (κ2) is 8.99. The van der Waals surface area contributed by atoms with Crippen molar-refractivity contribution in [2.24, 2.45) is 5.73 Å². The van der Waals surface area contributed by atoms with Gasteiger partial charge in [-0.05, 0) is 54.2 Å². The molecule has 1 saturated heterocycles. The summed E-state index contributed by atoms with van der Waals surface area (Å²) in [5.74, 6) is -1.52. The van der Waals surface area contributed by atoms with Gasteiger partial charge in [0.15, 0.2) is 5.69 Å². The van der Waals surface area contributed by atoms with Gasteiger partial charge in [0, 0.05) is 24.7 Å². The van der Waals surface area contributed by atoms with Crippen molar-refractivity contribution in [3.63, 3.8) is 0 Å². The van der Waals surface area contributed by atoms with E-state index in [9.17, 15) is 9.18 Å². The number of nitrogens with zero attached hydrogens (tertiary/aromatic N) is 4. The standard InChI is InChI=1S/C26H27F2N5O/c1-26(2,3)18-8-9-23(21(28)12-18)33-24(16-6-7-17(14-29)20(27)11-16)13-22(31-33)25(34)32-10-4-5-19(30)15-32/h6-9,11-13,19H,4-5,10,15,30H2,1-3H3/t19-/m1/s1. The fourth-order valence-corrected chi connectivity index (χ4v) is 4.14. The predicted molar refractivity (Wildman–Crippen MR) is 125 cm³/mol. The van der Waals surface area contributed by atoms with Gasteiger partial charge in [0.25, 0.3) is 5.91 Å². The summed E-state index contributed by atoms with van der Waals surface area (Å²) in [5, 5.41) is 13.5. The first-order chi connectivity index (χ1) is 16.1. The van der Waals surface area contributed by atoms with Gasteiger partial charge in [-0.2, -0.15) is 10.4 Å². The molecule has 1 fully saturated rings. The fourth-order valence-electron chi connectivity index (χ4n) is 4.14. The van der Waals surface area contributed by atoms with Crippen LogP contribution in [0.2, 0.25) is 0 Å². The first-order valence-electron chi connectivity index (χ1n) is 11.2. The van der Waals surface area contributed by atoms with Crippen molar-refractivity contribution in [1.82, 2.24) is 14.7 Å². The number of hydrogen-bond donors (Lipinski definition) is 1. The van der Waals surface area contributed by atoms with Crippen molar-refractivity contribution in [2.45, 2.75) is 45.1 Å². The molecule has 0 aliphatic carbocycles. The number of piperidine rings is 1. The molecular weight excluding hydrogens is 436 g/mol. The maximum absolute atomic E-state index is 15.3. The van der Waals surface area contributed by atoms with Crippen LogP contribution in [-0.2, 0) is 5.41 Å². The van der Waals surface area contributed by atoms with Gasteiger partial charge in [-0.15, -0.1) is 0 Å². The van der Waals surface area contributed by atoms with Crippen LogP contribution in [0.3, 0.4) is 0 Å². The lowest BCUT2D eigenvalue weighted by Crippen LogP contribution is -2.45. The molecule has 0 spiro atoms. The second-order valence-corrected chi connectivity index (χ2v) is 9.70. The summed E-state index contributed by atoms with van der Waals surface area (Å²) in [4.78, 5) is 14.8. The molecule has 0 saturated carbocycles. The van der Waals surface area contributed by atoms with Gasteiger partial charge in [0.05, 0.1) is 11.3 Å². The zero-order valence-corrected chi connectivity index (χ0v) is 19.5. The molecule has 0 radical (unpaired) electrons. The lowest BCUT2D eigenvalue weighted by molar-refractivity contribution is 0.0702. The summed E-state index contributed by atoms with van der Waals surface area (Å²) in [7, 11) is 0. The second-order valence-electron chi connectivity index (χ2n) is 9.70. The van der Waals surface area contributed by atoms with Crippen molar-refractivity contribution < 1.29 is 13.6 Å². The number of nitriles is 1. The van der Waals surface area contributed by atoms with Gasteiger partial charge in [0.1, 0.15) is 23.4 Å². The Morgan fingerprint density at radius 3 is 2.53 bits per heavy atom. The summed E-state index contributed by atoms with van der Waals surface area (Å²) < 4.78 is 31.0. The number of carbonyl (C=O) groups excluding carboxylic acids is 1. The van der Waals surface area contributed by atoms with Crippen LogP contribution in [0.15, 0.2) is 42.5 Å². The SMILES string of the molecule is CC(C)(C)c1ccc(-n2nc(C(=O)N3CCC[C@@H](N)C3)cc2-c2ccc(C#N)c(F)c2)c(F)c1. The van der Waals surface area contributed by atoms with E-state index >= 15 is 4.39 Å². The first kappa shape index (κ1) is 23.6. The number of rotatable bonds is 3. The highest BCUT2D eigenvalue weighted by Gasteiger charge is 2.27. The summed E-state index contributed by atoms with van der Waals surface area (Å²) >= 11 is 0. The van der Waals surface area contributed by atoms with Crippen molar-refractivity contribution in [1.29, 1.82) is 5.26 Å². The maximum atomic E-state index is 15.3. The van der Waals surface area contributed by atoms with Gasteiger partial charge in [-0.1, -0.05) is 32.9 Å². The van der Waals surface area contributed by atoms with Gasteiger partial charge in [-0.25, -0.2) is 13.5 Å². The van der Waals surface area contributed by atoms with Gasteiger partial charge < -0.3 is 10.6 Å². The fraction of sp³-hybridized carbons (Fsp3) is 0.346. The van der Waals surface area contributed by atoms with Crippen LogP contribution < -0.4 is 5.73 Å². The van der Waals surface area contributed by atoms with E-state index in [0.717, 1.165) is 18.4 Å². The first-order valence-corrected chi connectivity index (χ1v) is 11.2. The molecule has 1 aromatic heterocycles. The lowest BCUT2D eigenvalue weighted by Gasteiger charge is -2.30. The van der Waals surface area contributed by atoms with Gasteiger partial charge in [0.2, 0.25) is 0 Å². The third-order valence-electron chi connectivity index (χ3n) is 6.10. The molecule has 2 aromatic carbocycles. The zero-order chi connectivity index (χ0) is 24.6. The normalized spacial score (nSPS) is 16.4. The molecule has 1 atom stereocenters. The molecule has 6 nitrogen and oxygen atoms in total. The molecule has 4 rings (SSSR count). The van der Waals surface area contributed by atoms with E-state index in [4.69, 9.17) is 11.0 Å². The molecule has 1 aliphatic rings. The number of likely N-dealkylation sites (tertiary alicyclic amines) is 1. The monoisotopic (exact) mass is 463 g/mol. The molecule has 0 bridgehead atoms. The molecule has 1 aliphatic heterocycles. The molecule has 0 unspecified atom stereocenters. The molecular formula is C26H27F2N5O. The summed E-state index contributed by atoms with van der Waals surface area (Å²) in [5.41, 5.74) is 7.46. The average molecular weight is 464 g/mol. The Hall–Kier alpha value is -3.57. The van der Waals surface area contributed by atoms with E-state index in [1.807, 2.05) is 26.8 Å². The van der Waals surface area contributed by atoms with Crippen LogP contribution in [0.1, 0.15) is 55.2 Å². The number of hydrogen-bond acceptors (Lipinski definition) is 4. The van der Waals surface area contributed by atoms with Crippen molar-refractivity contribution in [2.75, 3.05) is 13.1 Å². The Morgan fingerprint density at radius 2 is 1.91 bits per heavy atom. The van der Waals surface area contributed by atoms with E-state index in [1.165, 1.54) is 28.9 Å². The van der Waals surface area contributed by atoms with E-state index < -0.39 is 11.6 Å². The quantitative estimate of drug-likeness (QED) is 0.617. The van der Waals surface area contributed by atoms with Crippen LogP contribution in [0, 0.1) is 23.0 Å². The van der Waals surface area contributed by atoms with Gasteiger partial charge in [-0.3, -0.25) is 4.79 Å². The van der Waals surface area contributed by atoms with Gasteiger partial charge >= 0.3 is 0 Å². The Balaban J connectivity index is 1.84. The molecule has 1 amide bonds. The Morgan fingerprint density at radius 1 is 1.15 bits per heavy atom. The van der Waals surface area contributed by atoms with Crippen LogP contribution in [-0.4, -0.2) is 39.7 Å². The average Bonchev–Trinajstić information content (AvgIpc) is 3.23. The number of carbonyl (C=O) groups is 1. The minimum absolute atomic E-state index is 0.103. The third-order valence-corrected chi connectivity index (χ3v) is 6.10. The smallest absolute Gasteiger partial charge is 0.274 e.